The number of Topliss-reactive ketones (excluding diaryl/α,β-unsaturated/α-hetero) is 1. The fourth-order valence-corrected chi connectivity index (χ4v) is 2.70. The van der Waals surface area contributed by atoms with E-state index in [1.807, 2.05) is 0 Å². The average Bonchev–Trinajstić information content (AvgIpc) is 2.89. The summed E-state index contributed by atoms with van der Waals surface area (Å²) in [7, 11) is 0. The first kappa shape index (κ1) is 9.95. The first-order chi connectivity index (χ1) is 6.53. The van der Waals surface area contributed by atoms with E-state index in [1.165, 1.54) is 18.4 Å². The van der Waals surface area contributed by atoms with Crippen molar-refractivity contribution in [2.45, 2.75) is 46.0 Å². The molecular weight excluding hydrogens is 172 g/mol. The lowest BCUT2D eigenvalue weighted by Crippen LogP contribution is -2.33. The molecule has 1 nitrogen and oxygen atoms in total. The fraction of sp³-hybridized carbons (Fsp3) is 0.769. The lowest BCUT2D eigenvalue weighted by atomic mass is 9.71. The first-order valence-electron chi connectivity index (χ1n) is 5.72. The average molecular weight is 192 g/mol. The maximum atomic E-state index is 12.1. The largest absolute Gasteiger partial charge is 0.299 e. The molecule has 0 radical (unpaired) electrons. The Balaban J connectivity index is 1.99. The normalized spacial score (nSPS) is 40.6. The number of ketones is 1. The molecule has 0 aromatic rings. The Morgan fingerprint density at radius 1 is 1.64 bits per heavy atom. The summed E-state index contributed by atoms with van der Waals surface area (Å²) in [5.74, 6) is 1.76. The molecule has 2 aliphatic rings. The number of fused-ring (bicyclic) bond motifs is 1. The standard InChI is InChI=1S/C13H20O/c1-9(2)4-6-13(3)7-5-10-8-11(10)12(13)14/h10-11H,1,4-8H2,2-3H3/t10-,11+,13-/m1/s1. The zero-order valence-electron chi connectivity index (χ0n) is 9.31. The highest BCUT2D eigenvalue weighted by Crippen LogP contribution is 2.54. The summed E-state index contributed by atoms with van der Waals surface area (Å²) in [6.07, 6.45) is 5.61. The molecule has 0 heterocycles. The van der Waals surface area contributed by atoms with Crippen LogP contribution in [0.15, 0.2) is 12.2 Å². The van der Waals surface area contributed by atoms with Crippen molar-refractivity contribution in [2.24, 2.45) is 17.3 Å². The number of carbonyl (C=O) groups is 1. The SMILES string of the molecule is C=C(C)CC[C@]1(C)CC[C@@H]2C[C@@H]2C1=O. The third kappa shape index (κ3) is 1.65. The van der Waals surface area contributed by atoms with Crippen molar-refractivity contribution in [3.63, 3.8) is 0 Å². The Kier molecular flexibility index (Phi) is 2.29. The maximum Gasteiger partial charge on any atom is 0.142 e. The van der Waals surface area contributed by atoms with Gasteiger partial charge in [0.2, 0.25) is 0 Å². The molecule has 0 bridgehead atoms. The molecule has 0 amide bonds. The molecule has 0 aromatic heterocycles. The van der Waals surface area contributed by atoms with E-state index in [9.17, 15) is 4.79 Å². The van der Waals surface area contributed by atoms with Crippen LogP contribution in [0.1, 0.15) is 46.0 Å². The predicted octanol–water partition coefficient (Wildman–Crippen LogP) is 3.35. The highest BCUT2D eigenvalue weighted by molar-refractivity contribution is 5.90. The van der Waals surface area contributed by atoms with E-state index in [1.54, 1.807) is 0 Å². The molecule has 2 saturated carbocycles. The lowest BCUT2D eigenvalue weighted by Gasteiger charge is -2.31. The molecule has 78 valence electrons. The highest BCUT2D eigenvalue weighted by atomic mass is 16.1. The van der Waals surface area contributed by atoms with Crippen molar-refractivity contribution in [2.75, 3.05) is 0 Å². The number of allylic oxidation sites excluding steroid dienone is 1. The van der Waals surface area contributed by atoms with E-state index in [2.05, 4.69) is 20.4 Å². The van der Waals surface area contributed by atoms with Crippen LogP contribution in [0.2, 0.25) is 0 Å². The van der Waals surface area contributed by atoms with Gasteiger partial charge in [-0.2, -0.15) is 0 Å². The van der Waals surface area contributed by atoms with E-state index in [-0.39, 0.29) is 5.41 Å². The van der Waals surface area contributed by atoms with E-state index in [4.69, 9.17) is 0 Å². The molecular formula is C13H20O. The van der Waals surface area contributed by atoms with Crippen LogP contribution in [-0.2, 0) is 4.79 Å². The summed E-state index contributed by atoms with van der Waals surface area (Å²) in [5, 5.41) is 0. The molecule has 2 fully saturated rings. The van der Waals surface area contributed by atoms with Crippen LogP contribution in [0.5, 0.6) is 0 Å². The van der Waals surface area contributed by atoms with Crippen molar-refractivity contribution in [3.8, 4) is 0 Å². The smallest absolute Gasteiger partial charge is 0.142 e. The lowest BCUT2D eigenvalue weighted by molar-refractivity contribution is -0.132. The van der Waals surface area contributed by atoms with Crippen molar-refractivity contribution < 1.29 is 4.79 Å². The topological polar surface area (TPSA) is 17.1 Å². The van der Waals surface area contributed by atoms with Gasteiger partial charge in [-0.15, -0.1) is 6.58 Å². The van der Waals surface area contributed by atoms with Crippen LogP contribution in [0.25, 0.3) is 0 Å². The summed E-state index contributed by atoms with van der Waals surface area (Å²) in [6, 6.07) is 0. The van der Waals surface area contributed by atoms with Crippen molar-refractivity contribution in [1.82, 2.24) is 0 Å². The Morgan fingerprint density at radius 2 is 2.36 bits per heavy atom. The molecule has 0 aliphatic heterocycles. The van der Waals surface area contributed by atoms with Gasteiger partial charge < -0.3 is 0 Å². The molecule has 3 atom stereocenters. The fourth-order valence-electron chi connectivity index (χ4n) is 2.70. The van der Waals surface area contributed by atoms with E-state index >= 15 is 0 Å². The molecule has 0 saturated heterocycles. The second kappa shape index (κ2) is 3.22. The van der Waals surface area contributed by atoms with Crippen LogP contribution in [0.4, 0.5) is 0 Å². The summed E-state index contributed by atoms with van der Waals surface area (Å²) < 4.78 is 0. The summed E-state index contributed by atoms with van der Waals surface area (Å²) in [4.78, 5) is 12.1. The molecule has 0 aromatic carbocycles. The Hall–Kier alpha value is -0.590. The number of carbonyl (C=O) groups excluding carboxylic acids is 1. The maximum absolute atomic E-state index is 12.1. The monoisotopic (exact) mass is 192 g/mol. The minimum absolute atomic E-state index is 0.0172. The summed E-state index contributed by atoms with van der Waals surface area (Å²) in [6.45, 7) is 8.13. The quantitative estimate of drug-likeness (QED) is 0.627. The van der Waals surface area contributed by atoms with Crippen LogP contribution in [-0.4, -0.2) is 5.78 Å². The molecule has 2 aliphatic carbocycles. The van der Waals surface area contributed by atoms with Gasteiger partial charge in [0.25, 0.3) is 0 Å². The number of rotatable bonds is 3. The van der Waals surface area contributed by atoms with Crippen molar-refractivity contribution in [3.05, 3.63) is 12.2 Å². The van der Waals surface area contributed by atoms with Gasteiger partial charge in [-0.3, -0.25) is 4.79 Å². The first-order valence-corrected chi connectivity index (χ1v) is 5.72. The Labute approximate surface area is 86.6 Å². The zero-order valence-corrected chi connectivity index (χ0v) is 9.31. The predicted molar refractivity (Wildman–Crippen MR) is 58.0 cm³/mol. The van der Waals surface area contributed by atoms with Gasteiger partial charge >= 0.3 is 0 Å². The highest BCUT2D eigenvalue weighted by Gasteiger charge is 2.53. The van der Waals surface area contributed by atoms with E-state index in [0.717, 1.165) is 25.2 Å². The van der Waals surface area contributed by atoms with Crippen LogP contribution in [0.3, 0.4) is 0 Å². The minimum Gasteiger partial charge on any atom is -0.299 e. The van der Waals surface area contributed by atoms with Gasteiger partial charge in [0.15, 0.2) is 0 Å². The molecule has 1 heteroatoms. The van der Waals surface area contributed by atoms with Gasteiger partial charge in [0, 0.05) is 11.3 Å². The second-order valence-electron chi connectivity index (χ2n) is 5.52. The zero-order chi connectivity index (χ0) is 10.3. The van der Waals surface area contributed by atoms with Gasteiger partial charge in [0.05, 0.1) is 0 Å². The third-order valence-electron chi connectivity index (χ3n) is 4.02. The van der Waals surface area contributed by atoms with Crippen molar-refractivity contribution in [1.29, 1.82) is 0 Å². The molecule has 2 rings (SSSR count). The van der Waals surface area contributed by atoms with Gasteiger partial charge in [-0.05, 0) is 44.9 Å². The minimum atomic E-state index is -0.0172. The molecule has 14 heavy (non-hydrogen) atoms. The van der Waals surface area contributed by atoms with Crippen LogP contribution in [0, 0.1) is 17.3 Å². The Bertz CT molecular complexity index is 279. The van der Waals surface area contributed by atoms with E-state index in [0.29, 0.717) is 11.7 Å². The molecule has 0 N–H and O–H groups in total. The van der Waals surface area contributed by atoms with Gasteiger partial charge in [0.1, 0.15) is 5.78 Å². The second-order valence-corrected chi connectivity index (χ2v) is 5.52. The third-order valence-corrected chi connectivity index (χ3v) is 4.02. The van der Waals surface area contributed by atoms with Crippen molar-refractivity contribution >= 4 is 5.78 Å². The van der Waals surface area contributed by atoms with Crippen LogP contribution >= 0.6 is 0 Å². The van der Waals surface area contributed by atoms with Gasteiger partial charge in [-0.25, -0.2) is 0 Å². The van der Waals surface area contributed by atoms with Gasteiger partial charge in [-0.1, -0.05) is 12.5 Å². The van der Waals surface area contributed by atoms with Crippen LogP contribution < -0.4 is 0 Å². The Morgan fingerprint density at radius 3 is 3.00 bits per heavy atom. The molecule has 0 unspecified atom stereocenters. The number of hydrogen-bond acceptors (Lipinski definition) is 1. The summed E-state index contributed by atoms with van der Waals surface area (Å²) >= 11 is 0. The molecule has 0 spiro atoms. The summed E-state index contributed by atoms with van der Waals surface area (Å²) in [5.41, 5.74) is 1.19. The number of hydrogen-bond donors (Lipinski definition) is 0. The van der Waals surface area contributed by atoms with E-state index < -0.39 is 0 Å².